The maximum Gasteiger partial charge on any atom is 0.117 e. The highest BCUT2D eigenvalue weighted by molar-refractivity contribution is 5.55. The molecule has 0 bridgehead atoms. The molecule has 2 aromatic rings. The molecule has 2 heterocycles. The molecule has 0 aliphatic carbocycles. The normalized spacial score (nSPS) is 11.0. The lowest BCUT2D eigenvalue weighted by atomic mass is 9.88. The average Bonchev–Trinajstić information content (AvgIpc) is 2.38. The Hall–Kier alpha value is -2.28. The molecule has 0 saturated carbocycles. The van der Waals surface area contributed by atoms with Crippen molar-refractivity contribution in [3.05, 3.63) is 41.7 Å². The third-order valence-electron chi connectivity index (χ3n) is 2.57. The number of aromatic nitrogens is 3. The van der Waals surface area contributed by atoms with Crippen LogP contribution in [0.1, 0.15) is 31.9 Å². The molecule has 0 aliphatic heterocycles. The van der Waals surface area contributed by atoms with Gasteiger partial charge in [0.05, 0.1) is 11.3 Å². The van der Waals surface area contributed by atoms with Crippen LogP contribution in [0.2, 0.25) is 0 Å². The summed E-state index contributed by atoms with van der Waals surface area (Å²) < 4.78 is 0. The van der Waals surface area contributed by atoms with Gasteiger partial charge in [0, 0.05) is 6.20 Å². The summed E-state index contributed by atoms with van der Waals surface area (Å²) in [5.74, 6) is 0. The number of nitriles is 1. The van der Waals surface area contributed by atoms with Gasteiger partial charge >= 0.3 is 0 Å². The average molecular weight is 237 g/mol. The lowest BCUT2D eigenvalue weighted by Gasteiger charge is -2.17. The van der Waals surface area contributed by atoms with E-state index in [9.17, 15) is 0 Å². The molecule has 0 unspecified atom stereocenters. The van der Waals surface area contributed by atoms with Crippen molar-refractivity contribution in [1.82, 2.24) is 15.2 Å². The molecule has 0 aliphatic rings. The van der Waals surface area contributed by atoms with Crippen LogP contribution in [0.4, 0.5) is 0 Å². The SMILES string of the molecule is CC(C)(C)c1[c]nnc(-c2ccc(C#N)cn2)c1. The van der Waals surface area contributed by atoms with Crippen LogP contribution in [-0.4, -0.2) is 15.2 Å². The van der Waals surface area contributed by atoms with Crippen molar-refractivity contribution in [3.63, 3.8) is 0 Å². The fraction of sp³-hybridized carbons (Fsp3) is 0.286. The molecule has 0 fully saturated rings. The molecule has 18 heavy (non-hydrogen) atoms. The molecule has 0 spiro atoms. The van der Waals surface area contributed by atoms with Crippen LogP contribution in [0.15, 0.2) is 24.4 Å². The molecule has 4 nitrogen and oxygen atoms in total. The summed E-state index contributed by atoms with van der Waals surface area (Å²) in [4.78, 5) is 4.20. The first-order chi connectivity index (χ1) is 8.50. The molecule has 0 aromatic carbocycles. The monoisotopic (exact) mass is 237 g/mol. The fourth-order valence-corrected chi connectivity index (χ4v) is 1.45. The number of hydrogen-bond donors (Lipinski definition) is 0. The molecular weight excluding hydrogens is 224 g/mol. The third kappa shape index (κ3) is 2.51. The van der Waals surface area contributed by atoms with E-state index in [0.717, 1.165) is 5.56 Å². The van der Waals surface area contributed by atoms with Crippen LogP contribution in [0, 0.1) is 17.5 Å². The van der Waals surface area contributed by atoms with Gasteiger partial charge in [0.2, 0.25) is 0 Å². The third-order valence-corrected chi connectivity index (χ3v) is 2.57. The number of pyridine rings is 1. The smallest absolute Gasteiger partial charge is 0.117 e. The quantitative estimate of drug-likeness (QED) is 0.764. The van der Waals surface area contributed by atoms with E-state index < -0.39 is 0 Å². The minimum atomic E-state index is -0.0305. The van der Waals surface area contributed by atoms with Crippen LogP contribution >= 0.6 is 0 Å². The first-order valence-electron chi connectivity index (χ1n) is 5.63. The van der Waals surface area contributed by atoms with Gasteiger partial charge in [-0.15, -0.1) is 10.2 Å². The zero-order chi connectivity index (χ0) is 13.2. The number of hydrogen-bond acceptors (Lipinski definition) is 4. The van der Waals surface area contributed by atoms with Crippen molar-refractivity contribution in [1.29, 1.82) is 5.26 Å². The van der Waals surface area contributed by atoms with Crippen molar-refractivity contribution in [2.24, 2.45) is 0 Å². The van der Waals surface area contributed by atoms with Crippen molar-refractivity contribution in [3.8, 4) is 17.5 Å². The maximum atomic E-state index is 8.73. The summed E-state index contributed by atoms with van der Waals surface area (Å²) in [7, 11) is 0. The van der Waals surface area contributed by atoms with Gasteiger partial charge in [0.25, 0.3) is 0 Å². The van der Waals surface area contributed by atoms with E-state index >= 15 is 0 Å². The van der Waals surface area contributed by atoms with Gasteiger partial charge in [-0.3, -0.25) is 4.98 Å². The van der Waals surface area contributed by atoms with Crippen molar-refractivity contribution >= 4 is 0 Å². The molecule has 0 saturated heterocycles. The molecule has 0 amide bonds. The fourth-order valence-electron chi connectivity index (χ4n) is 1.45. The van der Waals surface area contributed by atoms with Crippen LogP contribution in [0.3, 0.4) is 0 Å². The molecule has 0 atom stereocenters. The molecule has 1 radical (unpaired) electrons. The summed E-state index contributed by atoms with van der Waals surface area (Å²) >= 11 is 0. The van der Waals surface area contributed by atoms with Gasteiger partial charge in [-0.1, -0.05) is 20.8 Å². The summed E-state index contributed by atoms with van der Waals surface area (Å²) in [6, 6.07) is 7.46. The Morgan fingerprint density at radius 1 is 1.22 bits per heavy atom. The molecule has 89 valence electrons. The molecule has 2 rings (SSSR count). The Kier molecular flexibility index (Phi) is 3.07. The van der Waals surface area contributed by atoms with Gasteiger partial charge in [0.15, 0.2) is 0 Å². The van der Waals surface area contributed by atoms with Crippen molar-refractivity contribution in [2.45, 2.75) is 26.2 Å². The van der Waals surface area contributed by atoms with Gasteiger partial charge in [-0.25, -0.2) is 0 Å². The lowest BCUT2D eigenvalue weighted by molar-refractivity contribution is 0.583. The van der Waals surface area contributed by atoms with Gasteiger partial charge < -0.3 is 0 Å². The molecular formula is C14H13N4. The Morgan fingerprint density at radius 3 is 2.56 bits per heavy atom. The minimum Gasteiger partial charge on any atom is -0.253 e. The second-order valence-electron chi connectivity index (χ2n) is 5.05. The van der Waals surface area contributed by atoms with E-state index in [1.807, 2.05) is 12.1 Å². The van der Waals surface area contributed by atoms with E-state index in [4.69, 9.17) is 5.26 Å². The lowest BCUT2D eigenvalue weighted by Crippen LogP contribution is -2.12. The zero-order valence-electron chi connectivity index (χ0n) is 10.6. The first-order valence-corrected chi connectivity index (χ1v) is 5.63. The number of rotatable bonds is 1. The summed E-state index contributed by atoms with van der Waals surface area (Å²) in [5, 5.41) is 16.6. The summed E-state index contributed by atoms with van der Waals surface area (Å²) in [6.45, 7) is 6.28. The largest absolute Gasteiger partial charge is 0.253 e. The second-order valence-corrected chi connectivity index (χ2v) is 5.05. The van der Waals surface area contributed by atoms with Crippen molar-refractivity contribution in [2.75, 3.05) is 0 Å². The number of nitrogens with zero attached hydrogens (tertiary/aromatic N) is 4. The first kappa shape index (κ1) is 12.2. The van der Waals surface area contributed by atoms with Crippen LogP contribution in [0.5, 0.6) is 0 Å². The predicted molar refractivity (Wildman–Crippen MR) is 67.5 cm³/mol. The molecule has 4 heteroatoms. The van der Waals surface area contributed by atoms with Crippen LogP contribution < -0.4 is 0 Å². The topological polar surface area (TPSA) is 62.5 Å². The summed E-state index contributed by atoms with van der Waals surface area (Å²) in [6.07, 6.45) is 4.43. The zero-order valence-corrected chi connectivity index (χ0v) is 10.6. The van der Waals surface area contributed by atoms with E-state index in [0.29, 0.717) is 17.0 Å². The maximum absolute atomic E-state index is 8.73. The second kappa shape index (κ2) is 4.53. The highest BCUT2D eigenvalue weighted by atomic mass is 15.1. The van der Waals surface area contributed by atoms with Crippen LogP contribution in [0.25, 0.3) is 11.4 Å². The van der Waals surface area contributed by atoms with E-state index in [1.165, 1.54) is 6.20 Å². The highest BCUT2D eigenvalue weighted by Crippen LogP contribution is 2.23. The Bertz CT molecular complexity index is 588. The van der Waals surface area contributed by atoms with Crippen molar-refractivity contribution < 1.29 is 0 Å². The minimum absolute atomic E-state index is 0.0305. The highest BCUT2D eigenvalue weighted by Gasteiger charge is 2.16. The van der Waals surface area contributed by atoms with E-state index in [-0.39, 0.29) is 5.41 Å². The van der Waals surface area contributed by atoms with Gasteiger partial charge in [-0.2, -0.15) is 5.26 Å². The standard InChI is InChI=1S/C14H13N4/c1-14(2,3)11-6-13(18-17-9-11)12-5-4-10(7-15)8-16-12/h4-6,8H,1-3H3. The predicted octanol–water partition coefficient (Wildman–Crippen LogP) is 2.51. The summed E-state index contributed by atoms with van der Waals surface area (Å²) in [5.41, 5.74) is 2.89. The molecule has 0 N–H and O–H groups in total. The van der Waals surface area contributed by atoms with Gasteiger partial charge in [0.1, 0.15) is 18.0 Å². The van der Waals surface area contributed by atoms with E-state index in [1.54, 1.807) is 12.1 Å². The van der Waals surface area contributed by atoms with E-state index in [2.05, 4.69) is 42.1 Å². The Labute approximate surface area is 106 Å². The Balaban J connectivity index is 2.42. The van der Waals surface area contributed by atoms with Crippen LogP contribution in [-0.2, 0) is 5.41 Å². The Morgan fingerprint density at radius 2 is 2.00 bits per heavy atom. The van der Waals surface area contributed by atoms with Gasteiger partial charge in [-0.05, 0) is 29.2 Å². The molecule has 2 aromatic heterocycles.